The summed E-state index contributed by atoms with van der Waals surface area (Å²) in [6, 6.07) is 13.9. The number of amides is 1. The molecule has 160 valence electrons. The molecule has 1 heterocycles. The van der Waals surface area contributed by atoms with Crippen LogP contribution < -0.4 is 25.6 Å². The molecule has 0 aromatic heterocycles. The summed E-state index contributed by atoms with van der Waals surface area (Å²) in [4.78, 5) is 18.1. The Bertz CT molecular complexity index is 918. The molecule has 0 saturated carbocycles. The fraction of sp³-hybridized carbons (Fsp3) is 0.364. The number of anilines is 2. The van der Waals surface area contributed by atoms with Crippen LogP contribution in [-0.4, -0.2) is 45.2 Å². The van der Waals surface area contributed by atoms with Crippen molar-refractivity contribution < 1.29 is 9.53 Å². The van der Waals surface area contributed by atoms with Gasteiger partial charge in [-0.1, -0.05) is 23.7 Å². The molecule has 2 aromatic carbocycles. The van der Waals surface area contributed by atoms with E-state index in [0.717, 1.165) is 41.7 Å². The zero-order valence-corrected chi connectivity index (χ0v) is 18.3. The number of methoxy groups -OCH3 is 1. The molecule has 0 radical (unpaired) electrons. The first-order valence-electron chi connectivity index (χ1n) is 9.90. The normalized spacial score (nSPS) is 16.3. The molecule has 1 fully saturated rings. The highest BCUT2D eigenvalue weighted by Crippen LogP contribution is 2.26. The van der Waals surface area contributed by atoms with E-state index in [1.54, 1.807) is 14.2 Å². The zero-order valence-electron chi connectivity index (χ0n) is 17.5. The third-order valence-electron chi connectivity index (χ3n) is 4.96. The SMILES string of the molecule is CN=C(NCc1ccc(OC)c(NC(C)=O)c1)NC1CCN(c2cccc(Cl)c2)C1. The van der Waals surface area contributed by atoms with Gasteiger partial charge in [0.15, 0.2) is 5.96 Å². The van der Waals surface area contributed by atoms with Gasteiger partial charge in [0.2, 0.25) is 5.91 Å². The molecule has 8 heteroatoms. The first-order valence-corrected chi connectivity index (χ1v) is 10.3. The number of hydrogen-bond acceptors (Lipinski definition) is 4. The minimum atomic E-state index is -0.138. The van der Waals surface area contributed by atoms with Crippen LogP contribution in [0, 0.1) is 0 Å². The third kappa shape index (κ3) is 5.79. The summed E-state index contributed by atoms with van der Waals surface area (Å²) < 4.78 is 5.31. The molecule has 7 nitrogen and oxygen atoms in total. The monoisotopic (exact) mass is 429 g/mol. The van der Waals surface area contributed by atoms with Crippen molar-refractivity contribution in [2.75, 3.05) is 37.5 Å². The van der Waals surface area contributed by atoms with E-state index >= 15 is 0 Å². The van der Waals surface area contributed by atoms with Crippen LogP contribution in [0.1, 0.15) is 18.9 Å². The molecule has 1 saturated heterocycles. The molecule has 2 aromatic rings. The maximum Gasteiger partial charge on any atom is 0.221 e. The third-order valence-corrected chi connectivity index (χ3v) is 5.20. The number of rotatable bonds is 6. The second-order valence-corrected chi connectivity index (χ2v) is 7.63. The van der Waals surface area contributed by atoms with Gasteiger partial charge in [-0.2, -0.15) is 0 Å². The Morgan fingerprint density at radius 1 is 1.30 bits per heavy atom. The van der Waals surface area contributed by atoms with Crippen LogP contribution in [0.15, 0.2) is 47.5 Å². The van der Waals surface area contributed by atoms with Crippen LogP contribution in [0.2, 0.25) is 5.02 Å². The van der Waals surface area contributed by atoms with Crippen LogP contribution in [-0.2, 0) is 11.3 Å². The van der Waals surface area contributed by atoms with Gasteiger partial charge in [-0.15, -0.1) is 0 Å². The number of aliphatic imine (C=N–C) groups is 1. The Balaban J connectivity index is 1.56. The van der Waals surface area contributed by atoms with Crippen LogP contribution in [0.4, 0.5) is 11.4 Å². The highest BCUT2D eigenvalue weighted by atomic mass is 35.5. The first-order chi connectivity index (χ1) is 14.5. The summed E-state index contributed by atoms with van der Waals surface area (Å²) in [6.45, 7) is 3.90. The second kappa shape index (κ2) is 10.2. The molecule has 1 unspecified atom stereocenters. The van der Waals surface area contributed by atoms with Crippen LogP contribution >= 0.6 is 11.6 Å². The van der Waals surface area contributed by atoms with Gasteiger partial charge in [-0.25, -0.2) is 0 Å². The van der Waals surface area contributed by atoms with E-state index in [9.17, 15) is 4.79 Å². The molecule has 3 N–H and O–H groups in total. The van der Waals surface area contributed by atoms with Crippen molar-refractivity contribution in [2.24, 2.45) is 4.99 Å². The summed E-state index contributed by atoms with van der Waals surface area (Å²) in [5.41, 5.74) is 2.80. The quantitative estimate of drug-likeness (QED) is 0.485. The number of nitrogens with zero attached hydrogens (tertiary/aromatic N) is 2. The van der Waals surface area contributed by atoms with Gasteiger partial charge in [0.05, 0.1) is 12.8 Å². The zero-order chi connectivity index (χ0) is 21.5. The van der Waals surface area contributed by atoms with E-state index in [0.29, 0.717) is 24.0 Å². The van der Waals surface area contributed by atoms with Crippen molar-refractivity contribution in [3.63, 3.8) is 0 Å². The Morgan fingerprint density at radius 2 is 2.13 bits per heavy atom. The Morgan fingerprint density at radius 3 is 2.83 bits per heavy atom. The lowest BCUT2D eigenvalue weighted by Crippen LogP contribution is -2.44. The van der Waals surface area contributed by atoms with Crippen molar-refractivity contribution in [1.29, 1.82) is 0 Å². The minimum absolute atomic E-state index is 0.138. The summed E-state index contributed by atoms with van der Waals surface area (Å²) in [5, 5.41) is 10.4. The van der Waals surface area contributed by atoms with Gasteiger partial charge in [-0.3, -0.25) is 9.79 Å². The number of halogens is 1. The van der Waals surface area contributed by atoms with Crippen molar-refractivity contribution in [3.05, 3.63) is 53.1 Å². The highest BCUT2D eigenvalue weighted by molar-refractivity contribution is 6.30. The minimum Gasteiger partial charge on any atom is -0.495 e. The van der Waals surface area contributed by atoms with E-state index in [2.05, 4.69) is 31.9 Å². The number of ether oxygens (including phenoxy) is 1. The number of nitrogens with one attached hydrogen (secondary N) is 3. The molecular formula is C22H28ClN5O2. The van der Waals surface area contributed by atoms with Crippen molar-refractivity contribution in [3.8, 4) is 5.75 Å². The Kier molecular flexibility index (Phi) is 7.41. The average molecular weight is 430 g/mol. The van der Waals surface area contributed by atoms with Gasteiger partial charge < -0.3 is 25.6 Å². The molecule has 1 aliphatic heterocycles. The standard InChI is InChI=1S/C22H28ClN5O2/c1-15(29)26-20-11-16(7-8-21(20)30-3)13-25-22(24-2)27-18-9-10-28(14-18)19-6-4-5-17(23)12-19/h4-8,11-12,18H,9-10,13-14H2,1-3H3,(H,26,29)(H2,24,25,27). The Hall–Kier alpha value is -2.93. The largest absolute Gasteiger partial charge is 0.495 e. The van der Waals surface area contributed by atoms with Gasteiger partial charge >= 0.3 is 0 Å². The predicted molar refractivity (Wildman–Crippen MR) is 123 cm³/mol. The van der Waals surface area contributed by atoms with Crippen molar-refractivity contribution >= 4 is 34.8 Å². The van der Waals surface area contributed by atoms with Crippen LogP contribution in [0.25, 0.3) is 0 Å². The molecule has 1 amide bonds. The topological polar surface area (TPSA) is 78.0 Å². The number of carbonyl (C=O) groups excluding carboxylic acids is 1. The molecule has 3 rings (SSSR count). The van der Waals surface area contributed by atoms with E-state index in [1.807, 2.05) is 36.4 Å². The fourth-order valence-electron chi connectivity index (χ4n) is 3.51. The predicted octanol–water partition coefficient (Wildman–Crippen LogP) is 3.25. The summed E-state index contributed by atoms with van der Waals surface area (Å²) in [7, 11) is 3.34. The maximum absolute atomic E-state index is 11.4. The van der Waals surface area contributed by atoms with E-state index in [1.165, 1.54) is 6.92 Å². The number of carbonyl (C=O) groups is 1. The summed E-state index contributed by atoms with van der Waals surface area (Å²) >= 11 is 6.12. The lowest BCUT2D eigenvalue weighted by Gasteiger charge is -2.20. The molecule has 0 bridgehead atoms. The molecule has 1 atom stereocenters. The van der Waals surface area contributed by atoms with Crippen LogP contribution in [0.3, 0.4) is 0 Å². The van der Waals surface area contributed by atoms with E-state index < -0.39 is 0 Å². The van der Waals surface area contributed by atoms with Gasteiger partial charge in [0.1, 0.15) is 5.75 Å². The van der Waals surface area contributed by atoms with Gasteiger partial charge in [0, 0.05) is 50.4 Å². The molecule has 1 aliphatic rings. The average Bonchev–Trinajstić information content (AvgIpc) is 3.19. The second-order valence-electron chi connectivity index (χ2n) is 7.20. The smallest absolute Gasteiger partial charge is 0.221 e. The molecular weight excluding hydrogens is 402 g/mol. The first kappa shape index (κ1) is 21.8. The lowest BCUT2D eigenvalue weighted by atomic mass is 10.2. The molecule has 0 spiro atoms. The van der Waals surface area contributed by atoms with Crippen molar-refractivity contribution in [1.82, 2.24) is 10.6 Å². The fourth-order valence-corrected chi connectivity index (χ4v) is 3.70. The van der Waals surface area contributed by atoms with Gasteiger partial charge in [0.25, 0.3) is 0 Å². The number of hydrogen-bond donors (Lipinski definition) is 3. The van der Waals surface area contributed by atoms with E-state index in [-0.39, 0.29) is 5.91 Å². The maximum atomic E-state index is 11.4. The van der Waals surface area contributed by atoms with Crippen molar-refractivity contribution in [2.45, 2.75) is 25.9 Å². The van der Waals surface area contributed by atoms with Gasteiger partial charge in [-0.05, 0) is 42.3 Å². The number of benzene rings is 2. The molecule has 0 aliphatic carbocycles. The summed E-state index contributed by atoms with van der Waals surface area (Å²) in [6.07, 6.45) is 1.02. The van der Waals surface area contributed by atoms with Crippen LogP contribution in [0.5, 0.6) is 5.75 Å². The Labute approximate surface area is 182 Å². The highest BCUT2D eigenvalue weighted by Gasteiger charge is 2.23. The molecule has 30 heavy (non-hydrogen) atoms. The lowest BCUT2D eigenvalue weighted by molar-refractivity contribution is -0.114. The summed E-state index contributed by atoms with van der Waals surface area (Å²) in [5.74, 6) is 1.23. The van der Waals surface area contributed by atoms with E-state index in [4.69, 9.17) is 16.3 Å². The number of guanidine groups is 1.